The Morgan fingerprint density at radius 2 is 1.88 bits per heavy atom. The molecule has 0 bridgehead atoms. The van der Waals surface area contributed by atoms with Crippen LogP contribution in [0.4, 0.5) is 0 Å². The molecule has 2 N–H and O–H groups in total. The molecule has 1 fully saturated rings. The van der Waals surface area contributed by atoms with Gasteiger partial charge >= 0.3 is 0 Å². The van der Waals surface area contributed by atoms with Gasteiger partial charge in [-0.05, 0) is 25.0 Å². The first-order valence-electron chi connectivity index (χ1n) is 6.28. The van der Waals surface area contributed by atoms with Crippen LogP contribution >= 0.6 is 0 Å². The van der Waals surface area contributed by atoms with E-state index in [2.05, 4.69) is 0 Å². The standard InChI is InChI=1S/C14H20N2O/c1-16(13-10-6-5-9-12(13)15)14(17)11-7-3-2-4-8-11/h2-4,7-8,12-13H,5-6,9-10,15H2,1H3. The predicted octanol–water partition coefficient (Wildman–Crippen LogP) is 2.03. The monoisotopic (exact) mass is 232 g/mol. The average Bonchev–Trinajstić information content (AvgIpc) is 2.39. The van der Waals surface area contributed by atoms with Crippen molar-refractivity contribution in [1.82, 2.24) is 4.90 Å². The van der Waals surface area contributed by atoms with Crippen molar-refractivity contribution in [2.45, 2.75) is 37.8 Å². The molecule has 1 saturated carbocycles. The van der Waals surface area contributed by atoms with E-state index in [0.29, 0.717) is 0 Å². The summed E-state index contributed by atoms with van der Waals surface area (Å²) in [6.45, 7) is 0. The molecule has 1 aromatic rings. The summed E-state index contributed by atoms with van der Waals surface area (Å²) in [6.07, 6.45) is 4.41. The molecule has 17 heavy (non-hydrogen) atoms. The van der Waals surface area contributed by atoms with E-state index in [4.69, 9.17) is 5.73 Å². The summed E-state index contributed by atoms with van der Waals surface area (Å²) in [5, 5.41) is 0. The lowest BCUT2D eigenvalue weighted by Gasteiger charge is -2.36. The second-order valence-electron chi connectivity index (χ2n) is 4.80. The summed E-state index contributed by atoms with van der Waals surface area (Å²) in [5.74, 6) is 0.0768. The molecule has 0 aromatic heterocycles. The molecule has 0 radical (unpaired) electrons. The molecule has 0 heterocycles. The van der Waals surface area contributed by atoms with Crippen molar-refractivity contribution in [3.63, 3.8) is 0 Å². The predicted molar refractivity (Wildman–Crippen MR) is 68.8 cm³/mol. The molecular weight excluding hydrogens is 212 g/mol. The van der Waals surface area contributed by atoms with Gasteiger partial charge in [-0.1, -0.05) is 31.0 Å². The molecule has 1 aromatic carbocycles. The fourth-order valence-corrected chi connectivity index (χ4v) is 2.56. The van der Waals surface area contributed by atoms with Gasteiger partial charge in [0.15, 0.2) is 0 Å². The van der Waals surface area contributed by atoms with Crippen LogP contribution in [-0.4, -0.2) is 29.9 Å². The Hall–Kier alpha value is -1.35. The van der Waals surface area contributed by atoms with Gasteiger partial charge in [0.1, 0.15) is 0 Å². The molecular formula is C14H20N2O. The third-order valence-corrected chi connectivity index (χ3v) is 3.62. The highest BCUT2D eigenvalue weighted by Gasteiger charge is 2.28. The van der Waals surface area contributed by atoms with Crippen LogP contribution in [0.5, 0.6) is 0 Å². The van der Waals surface area contributed by atoms with Crippen LogP contribution in [0.3, 0.4) is 0 Å². The molecule has 3 heteroatoms. The molecule has 92 valence electrons. The second kappa shape index (κ2) is 5.32. The van der Waals surface area contributed by atoms with Gasteiger partial charge in [0.05, 0.1) is 0 Å². The number of nitrogens with zero attached hydrogens (tertiary/aromatic N) is 1. The number of rotatable bonds is 2. The van der Waals surface area contributed by atoms with Crippen LogP contribution in [-0.2, 0) is 0 Å². The molecule has 2 unspecified atom stereocenters. The van der Waals surface area contributed by atoms with Crippen LogP contribution in [0, 0.1) is 0 Å². The normalized spacial score (nSPS) is 24.4. The maximum atomic E-state index is 12.3. The van der Waals surface area contributed by atoms with Crippen molar-refractivity contribution in [3.8, 4) is 0 Å². The van der Waals surface area contributed by atoms with Crippen molar-refractivity contribution in [3.05, 3.63) is 35.9 Å². The Balaban J connectivity index is 2.09. The zero-order valence-electron chi connectivity index (χ0n) is 10.3. The number of amides is 1. The van der Waals surface area contributed by atoms with Gasteiger partial charge in [-0.15, -0.1) is 0 Å². The Morgan fingerprint density at radius 1 is 1.24 bits per heavy atom. The number of benzene rings is 1. The Bertz CT molecular complexity index is 377. The van der Waals surface area contributed by atoms with Gasteiger partial charge in [0.2, 0.25) is 0 Å². The Labute approximate surface area is 103 Å². The summed E-state index contributed by atoms with van der Waals surface area (Å²) in [4.78, 5) is 14.1. The van der Waals surface area contributed by atoms with Crippen LogP contribution in [0.2, 0.25) is 0 Å². The highest BCUT2D eigenvalue weighted by molar-refractivity contribution is 5.94. The van der Waals surface area contributed by atoms with E-state index in [1.165, 1.54) is 12.8 Å². The van der Waals surface area contributed by atoms with E-state index in [-0.39, 0.29) is 18.0 Å². The number of hydrogen-bond donors (Lipinski definition) is 1. The van der Waals surface area contributed by atoms with Gasteiger partial charge in [0.25, 0.3) is 5.91 Å². The third kappa shape index (κ3) is 2.67. The summed E-state index contributed by atoms with van der Waals surface area (Å²) < 4.78 is 0. The van der Waals surface area contributed by atoms with E-state index >= 15 is 0 Å². The molecule has 0 spiro atoms. The van der Waals surface area contributed by atoms with Crippen molar-refractivity contribution >= 4 is 5.91 Å². The van der Waals surface area contributed by atoms with Crippen molar-refractivity contribution in [1.29, 1.82) is 0 Å². The molecule has 1 aliphatic rings. The van der Waals surface area contributed by atoms with Crippen molar-refractivity contribution in [2.24, 2.45) is 5.73 Å². The fourth-order valence-electron chi connectivity index (χ4n) is 2.56. The highest BCUT2D eigenvalue weighted by Crippen LogP contribution is 2.22. The lowest BCUT2D eigenvalue weighted by molar-refractivity contribution is 0.0672. The molecule has 0 aliphatic heterocycles. The van der Waals surface area contributed by atoms with Gasteiger partial charge in [-0.3, -0.25) is 4.79 Å². The number of nitrogens with two attached hydrogens (primary N) is 1. The second-order valence-corrected chi connectivity index (χ2v) is 4.80. The first-order valence-corrected chi connectivity index (χ1v) is 6.28. The van der Waals surface area contributed by atoms with Crippen molar-refractivity contribution in [2.75, 3.05) is 7.05 Å². The zero-order chi connectivity index (χ0) is 12.3. The minimum absolute atomic E-state index is 0.0768. The van der Waals surface area contributed by atoms with Crippen LogP contribution in [0.25, 0.3) is 0 Å². The largest absolute Gasteiger partial charge is 0.337 e. The van der Waals surface area contributed by atoms with Crippen LogP contribution < -0.4 is 5.73 Å². The molecule has 3 nitrogen and oxygen atoms in total. The summed E-state index contributed by atoms with van der Waals surface area (Å²) in [7, 11) is 1.87. The lowest BCUT2D eigenvalue weighted by Crippen LogP contribution is -2.50. The van der Waals surface area contributed by atoms with Gasteiger partial charge < -0.3 is 10.6 Å². The van der Waals surface area contributed by atoms with Gasteiger partial charge in [0, 0.05) is 24.7 Å². The summed E-state index contributed by atoms with van der Waals surface area (Å²) in [5.41, 5.74) is 6.85. The lowest BCUT2D eigenvalue weighted by atomic mass is 9.90. The average molecular weight is 232 g/mol. The number of carbonyl (C=O) groups excluding carboxylic acids is 1. The summed E-state index contributed by atoms with van der Waals surface area (Å²) >= 11 is 0. The quantitative estimate of drug-likeness (QED) is 0.848. The summed E-state index contributed by atoms with van der Waals surface area (Å²) in [6, 6.07) is 9.73. The molecule has 1 amide bonds. The maximum Gasteiger partial charge on any atom is 0.253 e. The number of carbonyl (C=O) groups is 1. The minimum Gasteiger partial charge on any atom is -0.337 e. The highest BCUT2D eigenvalue weighted by atomic mass is 16.2. The first-order chi connectivity index (χ1) is 8.20. The zero-order valence-corrected chi connectivity index (χ0v) is 10.3. The number of hydrogen-bond acceptors (Lipinski definition) is 2. The minimum atomic E-state index is 0.0768. The van der Waals surface area contributed by atoms with Gasteiger partial charge in [-0.2, -0.15) is 0 Å². The third-order valence-electron chi connectivity index (χ3n) is 3.62. The molecule has 0 saturated heterocycles. The Kier molecular flexibility index (Phi) is 3.79. The molecule has 2 atom stereocenters. The van der Waals surface area contributed by atoms with Crippen LogP contribution in [0.15, 0.2) is 30.3 Å². The van der Waals surface area contributed by atoms with E-state index < -0.39 is 0 Å². The van der Waals surface area contributed by atoms with Gasteiger partial charge in [-0.25, -0.2) is 0 Å². The van der Waals surface area contributed by atoms with Crippen LogP contribution in [0.1, 0.15) is 36.0 Å². The molecule has 2 rings (SSSR count). The van der Waals surface area contributed by atoms with E-state index in [9.17, 15) is 4.79 Å². The SMILES string of the molecule is CN(C(=O)c1ccccc1)C1CCCCC1N. The first kappa shape index (κ1) is 12.1. The molecule has 1 aliphatic carbocycles. The fraction of sp³-hybridized carbons (Fsp3) is 0.500. The topological polar surface area (TPSA) is 46.3 Å². The van der Waals surface area contributed by atoms with E-state index in [1.54, 1.807) is 0 Å². The van der Waals surface area contributed by atoms with E-state index in [0.717, 1.165) is 18.4 Å². The number of likely N-dealkylation sites (N-methyl/N-ethyl adjacent to an activating group) is 1. The smallest absolute Gasteiger partial charge is 0.253 e. The van der Waals surface area contributed by atoms with E-state index in [1.807, 2.05) is 42.3 Å². The maximum absolute atomic E-state index is 12.3. The Morgan fingerprint density at radius 3 is 2.53 bits per heavy atom. The van der Waals surface area contributed by atoms with Crippen molar-refractivity contribution < 1.29 is 4.79 Å².